The largest absolute Gasteiger partial charge is 0.366 e. The number of carbonyl (C=O) groups excluding carboxylic acids is 2. The average Bonchev–Trinajstić information content (AvgIpc) is 3.75. The van der Waals surface area contributed by atoms with E-state index in [-0.39, 0.29) is 17.6 Å². The standard InChI is InChI=1S/C26H31FN4O2/c27-23-3-1-2-4-24(23)29-13-15-30(16-14-29)25(32)18-31(22-11-12-22)17-19-5-7-20(8-6-19)26(33)28-21-9-10-21/h1-8,21-22H,9-18H2,(H,28,33). The van der Waals surface area contributed by atoms with Crippen molar-refractivity contribution in [2.45, 2.75) is 44.3 Å². The van der Waals surface area contributed by atoms with Crippen LogP contribution in [0.25, 0.3) is 0 Å². The van der Waals surface area contributed by atoms with Crippen molar-refractivity contribution in [1.29, 1.82) is 0 Å². The molecule has 2 aromatic rings. The molecule has 0 radical (unpaired) electrons. The van der Waals surface area contributed by atoms with E-state index >= 15 is 0 Å². The summed E-state index contributed by atoms with van der Waals surface area (Å²) in [5.74, 6) is -0.0865. The molecule has 3 fully saturated rings. The van der Waals surface area contributed by atoms with Crippen molar-refractivity contribution in [2.75, 3.05) is 37.6 Å². The molecule has 2 amide bonds. The number of nitrogens with one attached hydrogen (secondary N) is 1. The van der Waals surface area contributed by atoms with Crippen molar-refractivity contribution in [1.82, 2.24) is 15.1 Å². The molecule has 0 bridgehead atoms. The Balaban J connectivity index is 1.14. The molecule has 0 aromatic heterocycles. The van der Waals surface area contributed by atoms with E-state index in [1.165, 1.54) is 6.07 Å². The molecule has 7 heteroatoms. The first-order valence-corrected chi connectivity index (χ1v) is 12.0. The molecule has 174 valence electrons. The predicted molar refractivity (Wildman–Crippen MR) is 126 cm³/mol. The van der Waals surface area contributed by atoms with E-state index < -0.39 is 0 Å². The Morgan fingerprint density at radius 3 is 2.27 bits per heavy atom. The van der Waals surface area contributed by atoms with Crippen LogP contribution in [0.3, 0.4) is 0 Å². The number of hydrogen-bond donors (Lipinski definition) is 1. The number of para-hydroxylation sites is 1. The number of carbonyl (C=O) groups is 2. The molecular formula is C26H31FN4O2. The zero-order valence-electron chi connectivity index (χ0n) is 18.9. The third-order valence-electron chi connectivity index (χ3n) is 6.74. The van der Waals surface area contributed by atoms with Gasteiger partial charge < -0.3 is 15.1 Å². The summed E-state index contributed by atoms with van der Waals surface area (Å²) in [5, 5.41) is 3.01. The van der Waals surface area contributed by atoms with Crippen LogP contribution >= 0.6 is 0 Å². The third-order valence-corrected chi connectivity index (χ3v) is 6.74. The van der Waals surface area contributed by atoms with E-state index in [2.05, 4.69) is 10.2 Å². The van der Waals surface area contributed by atoms with E-state index in [1.54, 1.807) is 12.1 Å². The van der Waals surface area contributed by atoms with Gasteiger partial charge in [-0.05, 0) is 55.5 Å². The van der Waals surface area contributed by atoms with Crippen molar-refractivity contribution < 1.29 is 14.0 Å². The second kappa shape index (κ2) is 9.51. The van der Waals surface area contributed by atoms with Gasteiger partial charge in [0.25, 0.3) is 5.91 Å². The second-order valence-corrected chi connectivity index (χ2v) is 9.40. The van der Waals surface area contributed by atoms with E-state index in [9.17, 15) is 14.0 Å². The normalized spacial score (nSPS) is 18.5. The Morgan fingerprint density at radius 2 is 1.64 bits per heavy atom. The summed E-state index contributed by atoms with van der Waals surface area (Å²) in [5.41, 5.74) is 2.41. The molecule has 1 N–H and O–H groups in total. The van der Waals surface area contributed by atoms with E-state index in [0.717, 1.165) is 31.2 Å². The van der Waals surface area contributed by atoms with Gasteiger partial charge in [-0.1, -0.05) is 24.3 Å². The molecule has 2 aliphatic carbocycles. The van der Waals surface area contributed by atoms with Crippen molar-refractivity contribution in [2.24, 2.45) is 0 Å². The molecule has 0 atom stereocenters. The van der Waals surface area contributed by atoms with Crippen LogP contribution in [0.15, 0.2) is 48.5 Å². The minimum atomic E-state index is -0.215. The maximum Gasteiger partial charge on any atom is 0.251 e. The Bertz CT molecular complexity index is 996. The first-order chi connectivity index (χ1) is 16.1. The van der Waals surface area contributed by atoms with Crippen LogP contribution in [0.4, 0.5) is 10.1 Å². The number of amides is 2. The Kier molecular flexibility index (Phi) is 6.31. The van der Waals surface area contributed by atoms with Crippen LogP contribution < -0.4 is 10.2 Å². The summed E-state index contributed by atoms with van der Waals surface area (Å²) in [7, 11) is 0. The van der Waals surface area contributed by atoms with Crippen molar-refractivity contribution in [3.63, 3.8) is 0 Å². The van der Waals surface area contributed by atoms with Crippen LogP contribution in [-0.2, 0) is 11.3 Å². The molecule has 6 nitrogen and oxygen atoms in total. The van der Waals surface area contributed by atoms with E-state index in [0.29, 0.717) is 62.6 Å². The Hall–Kier alpha value is -2.93. The predicted octanol–water partition coefficient (Wildman–Crippen LogP) is 3.03. The summed E-state index contributed by atoms with van der Waals surface area (Å²) in [4.78, 5) is 31.4. The molecule has 1 saturated heterocycles. The average molecular weight is 451 g/mol. The monoisotopic (exact) mass is 450 g/mol. The highest BCUT2D eigenvalue weighted by atomic mass is 19.1. The van der Waals surface area contributed by atoms with E-state index in [4.69, 9.17) is 0 Å². The van der Waals surface area contributed by atoms with Crippen molar-refractivity contribution in [3.05, 3.63) is 65.5 Å². The number of anilines is 1. The first-order valence-electron chi connectivity index (χ1n) is 12.0. The summed E-state index contributed by atoms with van der Waals surface area (Å²) >= 11 is 0. The van der Waals surface area contributed by atoms with Gasteiger partial charge in [0.1, 0.15) is 5.82 Å². The first kappa shape index (κ1) is 21.9. The van der Waals surface area contributed by atoms with Gasteiger partial charge in [0.05, 0.1) is 12.2 Å². The lowest BCUT2D eigenvalue weighted by molar-refractivity contribution is -0.133. The number of halogens is 1. The van der Waals surface area contributed by atoms with Crippen LogP contribution in [-0.4, -0.2) is 66.4 Å². The van der Waals surface area contributed by atoms with Gasteiger partial charge in [-0.25, -0.2) is 4.39 Å². The quantitative estimate of drug-likeness (QED) is 0.672. The molecule has 1 aliphatic heterocycles. The third kappa shape index (κ3) is 5.53. The fraction of sp³-hybridized carbons (Fsp3) is 0.462. The molecule has 5 rings (SSSR count). The van der Waals surface area contributed by atoms with Crippen molar-refractivity contribution in [3.8, 4) is 0 Å². The lowest BCUT2D eigenvalue weighted by Crippen LogP contribution is -2.51. The summed E-state index contributed by atoms with van der Waals surface area (Å²) < 4.78 is 14.1. The lowest BCUT2D eigenvalue weighted by atomic mass is 10.1. The van der Waals surface area contributed by atoms with Crippen molar-refractivity contribution >= 4 is 17.5 Å². The number of rotatable bonds is 8. The lowest BCUT2D eigenvalue weighted by Gasteiger charge is -2.37. The van der Waals surface area contributed by atoms with Gasteiger partial charge in [0, 0.05) is 50.4 Å². The Morgan fingerprint density at radius 1 is 0.939 bits per heavy atom. The number of benzene rings is 2. The fourth-order valence-corrected chi connectivity index (χ4v) is 4.42. The molecule has 0 unspecified atom stereocenters. The highest BCUT2D eigenvalue weighted by molar-refractivity contribution is 5.94. The molecule has 33 heavy (non-hydrogen) atoms. The smallest absolute Gasteiger partial charge is 0.251 e. The second-order valence-electron chi connectivity index (χ2n) is 9.40. The van der Waals surface area contributed by atoms with Crippen LogP contribution in [0, 0.1) is 5.82 Å². The molecule has 0 spiro atoms. The highest BCUT2D eigenvalue weighted by Crippen LogP contribution is 2.29. The molecule has 1 heterocycles. The summed E-state index contributed by atoms with van der Waals surface area (Å²) in [6.07, 6.45) is 4.39. The van der Waals surface area contributed by atoms with Gasteiger partial charge >= 0.3 is 0 Å². The van der Waals surface area contributed by atoms with E-state index in [1.807, 2.05) is 40.1 Å². The molecule has 2 aromatic carbocycles. The molecule has 3 aliphatic rings. The summed E-state index contributed by atoms with van der Waals surface area (Å²) in [6.45, 7) is 3.60. The number of hydrogen-bond acceptors (Lipinski definition) is 4. The minimum Gasteiger partial charge on any atom is -0.366 e. The highest BCUT2D eigenvalue weighted by Gasteiger charge is 2.32. The topological polar surface area (TPSA) is 55.9 Å². The maximum atomic E-state index is 14.1. The zero-order chi connectivity index (χ0) is 22.8. The number of piperazine rings is 1. The zero-order valence-corrected chi connectivity index (χ0v) is 18.9. The van der Waals surface area contributed by atoms with Gasteiger partial charge in [-0.15, -0.1) is 0 Å². The van der Waals surface area contributed by atoms with Gasteiger partial charge in [-0.2, -0.15) is 0 Å². The summed E-state index contributed by atoms with van der Waals surface area (Å²) in [6, 6.07) is 15.4. The van der Waals surface area contributed by atoms with Crippen LogP contribution in [0.5, 0.6) is 0 Å². The van der Waals surface area contributed by atoms with Gasteiger partial charge in [0.2, 0.25) is 5.91 Å². The molecular weight excluding hydrogens is 419 g/mol. The van der Waals surface area contributed by atoms with Gasteiger partial charge in [-0.3, -0.25) is 14.5 Å². The molecule has 2 saturated carbocycles. The fourth-order valence-electron chi connectivity index (χ4n) is 4.42. The maximum absolute atomic E-state index is 14.1. The Labute approximate surface area is 194 Å². The van der Waals surface area contributed by atoms with Crippen LogP contribution in [0.2, 0.25) is 0 Å². The van der Waals surface area contributed by atoms with Crippen LogP contribution in [0.1, 0.15) is 41.6 Å². The van der Waals surface area contributed by atoms with Gasteiger partial charge in [0.15, 0.2) is 0 Å². The minimum absolute atomic E-state index is 0.00666. The number of nitrogens with zero attached hydrogens (tertiary/aromatic N) is 3. The SMILES string of the molecule is O=C(NC1CC1)c1ccc(CN(CC(=O)N2CCN(c3ccccc3F)CC2)C2CC2)cc1.